The van der Waals surface area contributed by atoms with E-state index < -0.39 is 16.2 Å². The molecule has 2 aromatic carbocycles. The third-order valence-corrected chi connectivity index (χ3v) is 9.75. The smallest absolute Gasteiger partial charge is 0.112 e. The number of para-hydroxylation sites is 2. The van der Waals surface area contributed by atoms with Crippen molar-refractivity contribution in [2.45, 2.75) is 20.4 Å². The number of carbonyl (C=O) groups excluding carboxylic acids is 1. The second-order valence-electron chi connectivity index (χ2n) is 7.17. The minimum atomic E-state index is -4.94. The number of amides is 1. The predicted octanol–water partition coefficient (Wildman–Crippen LogP) is -2.42. The van der Waals surface area contributed by atoms with Gasteiger partial charge in [-0.15, -0.1) is 10.2 Å². The molecule has 35 heavy (non-hydrogen) atoms. The Balaban J connectivity index is 0.000000623. The Kier molecular flexibility index (Phi) is 9.49. The predicted molar refractivity (Wildman–Crippen MR) is 126 cm³/mol. The van der Waals surface area contributed by atoms with Gasteiger partial charge >= 0.3 is 190 Å². The number of benzene rings is 2. The van der Waals surface area contributed by atoms with Gasteiger partial charge in [-0.3, -0.25) is 0 Å². The van der Waals surface area contributed by atoms with Crippen LogP contribution in [0.5, 0.6) is 0 Å². The van der Waals surface area contributed by atoms with Crippen molar-refractivity contribution < 1.29 is 38.2 Å². The van der Waals surface area contributed by atoms with E-state index in [2.05, 4.69) is 84.0 Å². The summed E-state index contributed by atoms with van der Waals surface area (Å²) in [5.41, 5.74) is 8.77. The molecule has 0 aliphatic carbocycles. The Hall–Kier alpha value is -2.23. The summed E-state index contributed by atoms with van der Waals surface area (Å²) < 4.78 is 41.5. The van der Waals surface area contributed by atoms with Crippen LogP contribution in [-0.4, -0.2) is 41.9 Å². The Morgan fingerprint density at radius 3 is 2.40 bits per heavy atom. The van der Waals surface area contributed by atoms with Gasteiger partial charge in [0.1, 0.15) is 0 Å². The number of nitrogens with zero attached hydrogens (tertiary/aromatic N) is 2. The Labute approximate surface area is 217 Å². The minimum absolute atomic E-state index is 0.236. The van der Waals surface area contributed by atoms with Crippen LogP contribution in [0.3, 0.4) is 0 Å². The minimum Gasteiger partial charge on any atom is -0.222 e. The van der Waals surface area contributed by atoms with Crippen LogP contribution in [0.1, 0.15) is 18.4 Å². The van der Waals surface area contributed by atoms with Crippen LogP contribution in [0.25, 0.3) is 15.9 Å². The summed E-state index contributed by atoms with van der Waals surface area (Å²) in [6.45, 7) is 6.12. The van der Waals surface area contributed by atoms with Crippen molar-refractivity contribution in [2.75, 3.05) is 11.4 Å². The van der Waals surface area contributed by atoms with Crippen molar-refractivity contribution in [3.63, 3.8) is 0 Å². The van der Waals surface area contributed by atoms with E-state index in [1.165, 1.54) is 29.1 Å². The van der Waals surface area contributed by atoms with Crippen molar-refractivity contribution in [3.8, 4) is 0 Å². The topological polar surface area (TPSA) is 142 Å². The van der Waals surface area contributed by atoms with E-state index in [4.69, 9.17) is 24.4 Å². The maximum absolute atomic E-state index is 12.1. The van der Waals surface area contributed by atoms with Gasteiger partial charge in [0.2, 0.25) is 0 Å². The fourth-order valence-corrected chi connectivity index (χ4v) is 8.28. The van der Waals surface area contributed by atoms with Gasteiger partial charge in [-0.1, -0.05) is 0 Å². The van der Waals surface area contributed by atoms with Crippen molar-refractivity contribution in [3.05, 3.63) is 81.5 Å². The molecule has 8 nitrogen and oxygen atoms in total. The van der Waals surface area contributed by atoms with Crippen LogP contribution in [-0.2, 0) is 11.3 Å². The molecule has 1 amide bonds. The third kappa shape index (κ3) is 7.38. The van der Waals surface area contributed by atoms with Crippen LogP contribution in [0.4, 0.5) is 5.69 Å². The molecule has 184 valence electrons. The van der Waals surface area contributed by atoms with Crippen LogP contribution < -0.4 is 38.3 Å². The van der Waals surface area contributed by atoms with Gasteiger partial charge in [-0.25, -0.2) is 18.6 Å². The number of halogens is 1. The average Bonchev–Trinajstić information content (AvgIpc) is 3.34. The molecular formula is C24H24ClN3O5Se2. The van der Waals surface area contributed by atoms with Crippen LogP contribution >= 0.6 is 0 Å². The molecule has 11 heteroatoms. The fraction of sp³-hybridized carbons (Fsp3) is 0.167. The first-order valence-corrected chi connectivity index (χ1v) is 15.3. The van der Waals surface area contributed by atoms with E-state index in [-0.39, 0.29) is 29.5 Å². The molecule has 0 radical (unpaired) electrons. The molecule has 2 heterocycles. The first-order chi connectivity index (χ1) is 16.6. The number of rotatable bonds is 6. The first kappa shape index (κ1) is 27.4. The van der Waals surface area contributed by atoms with Gasteiger partial charge in [-0.2, -0.15) is 0 Å². The van der Waals surface area contributed by atoms with E-state index in [9.17, 15) is 4.79 Å². The third-order valence-electron chi connectivity index (χ3n) is 5.00. The summed E-state index contributed by atoms with van der Waals surface area (Å²) in [6.07, 6.45) is 7.86. The second kappa shape index (κ2) is 12.1. The molecule has 0 unspecified atom stereocenters. The molecule has 0 saturated heterocycles. The summed E-state index contributed by atoms with van der Waals surface area (Å²) in [6, 6.07) is 17.0. The molecule has 0 saturated carbocycles. The van der Waals surface area contributed by atoms with E-state index in [0.29, 0.717) is 5.57 Å². The molecule has 0 spiro atoms. The van der Waals surface area contributed by atoms with Gasteiger partial charge in [-0.05, 0) is 0 Å². The van der Waals surface area contributed by atoms with Crippen molar-refractivity contribution in [1.29, 1.82) is 0 Å². The van der Waals surface area contributed by atoms with E-state index >= 15 is 0 Å². The van der Waals surface area contributed by atoms with Crippen LogP contribution in [0.15, 0.2) is 76.9 Å². The van der Waals surface area contributed by atoms with Gasteiger partial charge in [0.05, 0.1) is 0 Å². The number of hydrogen-bond donors (Lipinski definition) is 1. The summed E-state index contributed by atoms with van der Waals surface area (Å²) in [4.78, 5) is 14.4. The fourth-order valence-electron chi connectivity index (χ4n) is 3.55. The largest absolute Gasteiger partial charge is 0.222 e. The van der Waals surface area contributed by atoms with Crippen molar-refractivity contribution in [1.82, 2.24) is 0 Å². The number of nitrogens with two attached hydrogens (primary N) is 1. The molecule has 2 N–H and O–H groups in total. The van der Waals surface area contributed by atoms with Gasteiger partial charge in [0.15, 0.2) is 0 Å². The quantitative estimate of drug-likeness (QED) is 0.140. The van der Waals surface area contributed by atoms with Crippen LogP contribution in [0.2, 0.25) is 0 Å². The standard InChI is InChI=1S/C24H23N3OSe2.ClHO4/c1-3-26-18-9-5-7-11-20(18)29-22(26)15-13-17(24(25)28)14-16-23-27(4-2)19-10-6-8-12-21(19)30-23;2-1(3,4)5/h5-16H,3-4H2,1-2H3,(H-,25,28);(H,2,3,4,5). The van der Waals surface area contributed by atoms with E-state index in [1.54, 1.807) is 0 Å². The first-order valence-electron chi connectivity index (χ1n) is 10.6. The van der Waals surface area contributed by atoms with E-state index in [0.717, 1.165) is 13.1 Å². The monoisotopic (exact) mass is 629 g/mol. The number of aryl methyl sites for hydroxylation is 1. The molecule has 4 rings (SSSR count). The summed E-state index contributed by atoms with van der Waals surface area (Å²) >= 11 is 0.471. The summed E-state index contributed by atoms with van der Waals surface area (Å²) in [5, 5.41) is 0. The number of carbonyl (C=O) groups is 1. The molecule has 1 aliphatic heterocycles. The van der Waals surface area contributed by atoms with Crippen molar-refractivity contribution in [2.24, 2.45) is 5.73 Å². The summed E-state index contributed by atoms with van der Waals surface area (Å²) in [5.74, 6) is -0.402. The maximum atomic E-state index is 12.1. The zero-order chi connectivity index (χ0) is 25.6. The number of hydrogen-bond acceptors (Lipinski definition) is 6. The second-order valence-corrected chi connectivity index (χ2v) is 12.4. The SMILES string of the molecule is CCN1C(=CC=C(C=Cc2[se]c3ccccc3[n+]2CC)C(N)=O)[Se]c2ccccc21.[O-][Cl+3]([O-])([O-])[O-]. The van der Waals surface area contributed by atoms with Gasteiger partial charge in [0, 0.05) is 0 Å². The molecule has 1 aromatic heterocycles. The Bertz CT molecular complexity index is 1290. The maximum Gasteiger partial charge on any atom is -0.112 e. The number of aromatic nitrogens is 1. The molecular weight excluding hydrogens is 604 g/mol. The Morgan fingerprint density at radius 1 is 1.09 bits per heavy atom. The average molecular weight is 628 g/mol. The van der Waals surface area contributed by atoms with Gasteiger partial charge in [0.25, 0.3) is 0 Å². The number of allylic oxidation sites excluding steroid dienone is 2. The van der Waals surface area contributed by atoms with Crippen LogP contribution in [0, 0.1) is 10.2 Å². The zero-order valence-corrected chi connectivity index (χ0v) is 23.2. The van der Waals surface area contributed by atoms with E-state index in [1.807, 2.05) is 12.2 Å². The molecule has 0 atom stereocenters. The van der Waals surface area contributed by atoms with Crippen molar-refractivity contribution >= 4 is 61.4 Å². The number of fused-ring (bicyclic) bond motifs is 2. The van der Waals surface area contributed by atoms with Gasteiger partial charge < -0.3 is 0 Å². The summed E-state index contributed by atoms with van der Waals surface area (Å²) in [7, 11) is -4.94. The Morgan fingerprint density at radius 2 is 1.74 bits per heavy atom. The number of primary amides is 1. The molecule has 0 bridgehead atoms. The normalized spacial score (nSPS) is 15.0. The molecule has 1 aliphatic rings. The number of anilines is 1. The molecule has 0 fully saturated rings. The molecule has 3 aromatic rings. The zero-order valence-electron chi connectivity index (χ0n) is 19.0.